The highest BCUT2D eigenvalue weighted by atomic mass is 35.5. The Hall–Kier alpha value is -2.41. The first-order chi connectivity index (χ1) is 11.1. The van der Waals surface area contributed by atoms with E-state index < -0.39 is 0 Å². The zero-order chi connectivity index (χ0) is 16.2. The van der Waals surface area contributed by atoms with Crippen LogP contribution in [0.2, 0.25) is 5.02 Å². The number of carbonyl (C=O) groups is 1. The summed E-state index contributed by atoms with van der Waals surface area (Å²) in [5.41, 5.74) is 0.0763. The van der Waals surface area contributed by atoms with Crippen LogP contribution in [0.5, 0.6) is 6.01 Å². The minimum atomic E-state index is -0.296. The number of hydrogen-bond acceptors (Lipinski definition) is 5. The molecule has 3 heterocycles. The second-order valence-electron chi connectivity index (χ2n) is 5.26. The number of ether oxygens (including phenoxy) is 1. The third-order valence-corrected chi connectivity index (χ3v) is 3.75. The average molecular weight is 335 g/mol. The number of hydrogen-bond donors (Lipinski definition) is 1. The van der Waals surface area contributed by atoms with Crippen LogP contribution in [0.4, 0.5) is 0 Å². The van der Waals surface area contributed by atoms with Crippen molar-refractivity contribution in [2.45, 2.75) is 18.9 Å². The summed E-state index contributed by atoms with van der Waals surface area (Å²) in [5, 5.41) is 0.437. The topological polar surface area (TPSA) is 88.2 Å². The Bertz CT molecular complexity index is 747. The Morgan fingerprint density at radius 2 is 2.17 bits per heavy atom. The predicted octanol–water partition coefficient (Wildman–Crippen LogP) is 1.50. The Labute approximate surface area is 137 Å². The molecule has 1 saturated heterocycles. The molecule has 2 aromatic heterocycles. The van der Waals surface area contributed by atoms with E-state index in [1.807, 2.05) is 0 Å². The standard InChI is InChI=1S/C15H15ClN4O3/c16-11-7-18-15(19-8-11)23-12-2-1-5-20(9-12)14(22)10-3-4-17-13(21)6-10/h3-4,6-8,12H,1-2,5,9H2,(H,17,21). The van der Waals surface area contributed by atoms with Gasteiger partial charge >= 0.3 is 6.01 Å². The van der Waals surface area contributed by atoms with E-state index in [4.69, 9.17) is 16.3 Å². The molecule has 2 aromatic rings. The van der Waals surface area contributed by atoms with Crippen molar-refractivity contribution in [3.63, 3.8) is 0 Å². The molecule has 1 atom stereocenters. The van der Waals surface area contributed by atoms with Crippen molar-refractivity contribution in [3.05, 3.63) is 51.7 Å². The summed E-state index contributed by atoms with van der Waals surface area (Å²) in [7, 11) is 0. The minimum Gasteiger partial charge on any atom is -0.458 e. The van der Waals surface area contributed by atoms with E-state index >= 15 is 0 Å². The summed E-state index contributed by atoms with van der Waals surface area (Å²) in [4.78, 5) is 36.0. The third-order valence-electron chi connectivity index (χ3n) is 3.56. The van der Waals surface area contributed by atoms with Gasteiger partial charge in [-0.15, -0.1) is 0 Å². The fraction of sp³-hybridized carbons (Fsp3) is 0.333. The first kappa shape index (κ1) is 15.5. The summed E-state index contributed by atoms with van der Waals surface area (Å²) >= 11 is 5.74. The number of nitrogens with one attached hydrogen (secondary N) is 1. The zero-order valence-corrected chi connectivity index (χ0v) is 13.0. The number of amides is 1. The van der Waals surface area contributed by atoms with E-state index in [-0.39, 0.29) is 23.6 Å². The molecular formula is C15H15ClN4O3. The molecule has 1 unspecified atom stereocenters. The van der Waals surface area contributed by atoms with Crippen LogP contribution < -0.4 is 10.3 Å². The van der Waals surface area contributed by atoms with Crippen LogP contribution in [0, 0.1) is 0 Å². The van der Waals surface area contributed by atoms with Crippen LogP contribution >= 0.6 is 11.6 Å². The molecular weight excluding hydrogens is 320 g/mol. The fourth-order valence-corrected chi connectivity index (χ4v) is 2.59. The van der Waals surface area contributed by atoms with E-state index in [0.29, 0.717) is 23.7 Å². The Morgan fingerprint density at radius 1 is 1.39 bits per heavy atom. The van der Waals surface area contributed by atoms with Crippen LogP contribution in [0.15, 0.2) is 35.5 Å². The van der Waals surface area contributed by atoms with Gasteiger partial charge in [0.1, 0.15) is 6.10 Å². The Balaban J connectivity index is 1.67. The molecule has 23 heavy (non-hydrogen) atoms. The smallest absolute Gasteiger partial charge is 0.316 e. The molecule has 0 radical (unpaired) electrons. The number of H-pyrrole nitrogens is 1. The molecule has 0 spiro atoms. The highest BCUT2D eigenvalue weighted by Gasteiger charge is 2.26. The van der Waals surface area contributed by atoms with Crippen LogP contribution in [0.1, 0.15) is 23.2 Å². The molecule has 0 saturated carbocycles. The van der Waals surface area contributed by atoms with Gasteiger partial charge in [0, 0.05) is 24.4 Å². The molecule has 7 nitrogen and oxygen atoms in total. The summed E-state index contributed by atoms with van der Waals surface area (Å²) < 4.78 is 5.71. The lowest BCUT2D eigenvalue weighted by Crippen LogP contribution is -2.44. The number of nitrogens with zero attached hydrogens (tertiary/aromatic N) is 3. The van der Waals surface area contributed by atoms with E-state index in [2.05, 4.69) is 15.0 Å². The fourth-order valence-electron chi connectivity index (χ4n) is 2.49. The molecule has 120 valence electrons. The van der Waals surface area contributed by atoms with Gasteiger partial charge in [0.15, 0.2) is 0 Å². The highest BCUT2D eigenvalue weighted by molar-refractivity contribution is 6.30. The van der Waals surface area contributed by atoms with E-state index in [1.165, 1.54) is 24.7 Å². The van der Waals surface area contributed by atoms with Gasteiger partial charge in [0.2, 0.25) is 5.56 Å². The molecule has 1 amide bonds. The number of rotatable bonds is 3. The minimum absolute atomic E-state index is 0.179. The predicted molar refractivity (Wildman–Crippen MR) is 83.7 cm³/mol. The monoisotopic (exact) mass is 334 g/mol. The van der Waals surface area contributed by atoms with Gasteiger partial charge in [0.25, 0.3) is 5.91 Å². The lowest BCUT2D eigenvalue weighted by molar-refractivity contribution is 0.0515. The molecule has 1 aliphatic heterocycles. The molecule has 0 aromatic carbocycles. The van der Waals surface area contributed by atoms with Gasteiger partial charge in [-0.3, -0.25) is 9.59 Å². The summed E-state index contributed by atoms with van der Waals surface area (Å²) in [6.07, 6.45) is 5.83. The summed E-state index contributed by atoms with van der Waals surface area (Å²) in [5.74, 6) is -0.179. The normalized spacial score (nSPS) is 17.8. The molecule has 8 heteroatoms. The van der Waals surface area contributed by atoms with Crippen LogP contribution in [-0.4, -0.2) is 45.0 Å². The second kappa shape index (κ2) is 6.78. The second-order valence-corrected chi connectivity index (χ2v) is 5.70. The van der Waals surface area contributed by atoms with E-state index in [0.717, 1.165) is 12.8 Å². The summed E-state index contributed by atoms with van der Waals surface area (Å²) in [6, 6.07) is 3.14. The number of piperidine rings is 1. The lowest BCUT2D eigenvalue weighted by Gasteiger charge is -2.32. The van der Waals surface area contributed by atoms with Crippen LogP contribution in [0.25, 0.3) is 0 Å². The number of aromatic nitrogens is 3. The average Bonchev–Trinajstić information content (AvgIpc) is 2.56. The van der Waals surface area contributed by atoms with Crippen LogP contribution in [0.3, 0.4) is 0 Å². The van der Waals surface area contributed by atoms with Crippen molar-refractivity contribution in [3.8, 4) is 6.01 Å². The molecule has 1 fully saturated rings. The lowest BCUT2D eigenvalue weighted by atomic mass is 10.1. The zero-order valence-electron chi connectivity index (χ0n) is 12.2. The Morgan fingerprint density at radius 3 is 2.91 bits per heavy atom. The van der Waals surface area contributed by atoms with Crippen molar-refractivity contribution >= 4 is 17.5 Å². The molecule has 0 bridgehead atoms. The van der Waals surface area contributed by atoms with Gasteiger partial charge in [0.05, 0.1) is 24.0 Å². The molecule has 3 rings (SSSR count). The first-order valence-electron chi connectivity index (χ1n) is 7.24. The van der Waals surface area contributed by atoms with Gasteiger partial charge < -0.3 is 14.6 Å². The van der Waals surface area contributed by atoms with Gasteiger partial charge in [-0.1, -0.05) is 11.6 Å². The Kier molecular flexibility index (Phi) is 4.57. The maximum atomic E-state index is 12.5. The van der Waals surface area contributed by atoms with Crippen molar-refractivity contribution in [1.29, 1.82) is 0 Å². The van der Waals surface area contributed by atoms with Gasteiger partial charge in [-0.05, 0) is 18.9 Å². The van der Waals surface area contributed by atoms with Crippen LogP contribution in [-0.2, 0) is 0 Å². The maximum absolute atomic E-state index is 12.5. The largest absolute Gasteiger partial charge is 0.458 e. The van der Waals surface area contributed by atoms with Gasteiger partial charge in [-0.25, -0.2) is 9.97 Å². The van der Waals surface area contributed by atoms with Crippen molar-refractivity contribution in [2.24, 2.45) is 0 Å². The van der Waals surface area contributed by atoms with Gasteiger partial charge in [-0.2, -0.15) is 0 Å². The molecule has 1 aliphatic rings. The van der Waals surface area contributed by atoms with E-state index in [9.17, 15) is 9.59 Å². The maximum Gasteiger partial charge on any atom is 0.316 e. The van der Waals surface area contributed by atoms with E-state index in [1.54, 1.807) is 11.0 Å². The summed E-state index contributed by atoms with van der Waals surface area (Å²) in [6.45, 7) is 1.06. The highest BCUT2D eigenvalue weighted by Crippen LogP contribution is 2.17. The van der Waals surface area contributed by atoms with Crippen molar-refractivity contribution in [1.82, 2.24) is 19.9 Å². The number of halogens is 1. The van der Waals surface area contributed by atoms with Crippen molar-refractivity contribution in [2.75, 3.05) is 13.1 Å². The number of likely N-dealkylation sites (tertiary alicyclic amines) is 1. The SMILES string of the molecule is O=C(c1cc[nH]c(=O)c1)N1CCCC(Oc2ncc(Cl)cn2)C1. The molecule has 1 N–H and O–H groups in total. The first-order valence-corrected chi connectivity index (χ1v) is 7.62. The van der Waals surface area contributed by atoms with Crippen molar-refractivity contribution < 1.29 is 9.53 Å². The quantitative estimate of drug-likeness (QED) is 0.919. The number of pyridine rings is 1. The molecule has 0 aliphatic carbocycles. The third kappa shape index (κ3) is 3.87. The number of aromatic amines is 1. The number of carbonyl (C=O) groups excluding carboxylic acids is 1.